The molecule has 1 aromatic carbocycles. The van der Waals surface area contributed by atoms with E-state index in [1.165, 1.54) is 42.6 Å². The van der Waals surface area contributed by atoms with E-state index in [1.54, 1.807) is 12.7 Å². The quantitative estimate of drug-likeness (QED) is 0.729. The highest BCUT2D eigenvalue weighted by atomic mass is 15.2. The van der Waals surface area contributed by atoms with Gasteiger partial charge in [0.15, 0.2) is 0 Å². The molecule has 0 radical (unpaired) electrons. The van der Waals surface area contributed by atoms with Crippen LogP contribution in [0, 0.1) is 6.92 Å². The van der Waals surface area contributed by atoms with Crippen molar-refractivity contribution in [3.63, 3.8) is 0 Å². The molecule has 0 N–H and O–H groups in total. The molecule has 3 heterocycles. The summed E-state index contributed by atoms with van der Waals surface area (Å²) in [5.74, 6) is 0.838. The summed E-state index contributed by atoms with van der Waals surface area (Å²) < 4.78 is 1.82. The van der Waals surface area contributed by atoms with Crippen molar-refractivity contribution in [3.05, 3.63) is 60.3 Å². The Kier molecular flexibility index (Phi) is 4.32. The van der Waals surface area contributed by atoms with Crippen molar-refractivity contribution in [2.75, 3.05) is 13.1 Å². The van der Waals surface area contributed by atoms with Gasteiger partial charge in [0.1, 0.15) is 18.5 Å². The van der Waals surface area contributed by atoms with Crippen molar-refractivity contribution in [1.29, 1.82) is 0 Å². The van der Waals surface area contributed by atoms with Crippen molar-refractivity contribution in [3.8, 4) is 16.9 Å². The first-order valence-electron chi connectivity index (χ1n) is 8.88. The second-order valence-electron chi connectivity index (χ2n) is 6.77. The summed E-state index contributed by atoms with van der Waals surface area (Å²) in [5, 5.41) is 7.67. The fourth-order valence-electron chi connectivity index (χ4n) is 3.58. The van der Waals surface area contributed by atoms with Crippen LogP contribution in [0.2, 0.25) is 0 Å². The Morgan fingerprint density at radius 3 is 2.32 bits per heavy atom. The first kappa shape index (κ1) is 16.0. The van der Waals surface area contributed by atoms with E-state index < -0.39 is 0 Å². The van der Waals surface area contributed by atoms with Gasteiger partial charge in [-0.15, -0.1) is 10.2 Å². The first-order chi connectivity index (χ1) is 12.2. The summed E-state index contributed by atoms with van der Waals surface area (Å²) in [7, 11) is 0. The van der Waals surface area contributed by atoms with Crippen LogP contribution in [0.5, 0.6) is 0 Å². The predicted molar refractivity (Wildman–Crippen MR) is 98.5 cm³/mol. The number of nitrogens with zero attached hydrogens (tertiary/aromatic N) is 5. The molecule has 1 atom stereocenters. The minimum absolute atomic E-state index is 0.492. The molecule has 0 spiro atoms. The summed E-state index contributed by atoms with van der Waals surface area (Å²) >= 11 is 0. The number of hydrogen-bond acceptors (Lipinski definition) is 4. The molecule has 0 aliphatic carbocycles. The van der Waals surface area contributed by atoms with Gasteiger partial charge in [0.05, 0.1) is 0 Å². The molecule has 1 aliphatic rings. The van der Waals surface area contributed by atoms with Gasteiger partial charge in [0.2, 0.25) is 0 Å². The summed E-state index contributed by atoms with van der Waals surface area (Å²) in [4.78, 5) is 7.12. The van der Waals surface area contributed by atoms with Crippen molar-refractivity contribution in [1.82, 2.24) is 24.6 Å². The Labute approximate surface area is 148 Å². The summed E-state index contributed by atoms with van der Waals surface area (Å²) in [6.07, 6.45) is 7.91. The second kappa shape index (κ2) is 6.76. The number of aryl methyl sites for hydroxylation is 1. The molecule has 5 heteroatoms. The molecule has 0 bridgehead atoms. The van der Waals surface area contributed by atoms with Crippen LogP contribution in [0.25, 0.3) is 16.9 Å². The number of pyridine rings is 1. The Morgan fingerprint density at radius 2 is 1.68 bits per heavy atom. The van der Waals surface area contributed by atoms with Crippen molar-refractivity contribution < 1.29 is 0 Å². The molecular formula is C20H23N5. The Morgan fingerprint density at radius 1 is 1.00 bits per heavy atom. The Bertz CT molecular complexity index is 833. The van der Waals surface area contributed by atoms with Gasteiger partial charge in [0, 0.05) is 17.8 Å². The average Bonchev–Trinajstić information content (AvgIpc) is 3.35. The van der Waals surface area contributed by atoms with Gasteiger partial charge in [-0.3, -0.25) is 9.47 Å². The lowest BCUT2D eigenvalue weighted by molar-refractivity contribution is 0.263. The molecular weight excluding hydrogens is 310 g/mol. The van der Waals surface area contributed by atoms with Gasteiger partial charge < -0.3 is 0 Å². The van der Waals surface area contributed by atoms with Crippen LogP contribution in [-0.2, 0) is 0 Å². The zero-order valence-corrected chi connectivity index (χ0v) is 14.8. The minimum Gasteiger partial charge on any atom is -0.297 e. The van der Waals surface area contributed by atoms with E-state index in [9.17, 15) is 0 Å². The number of aromatic nitrogens is 4. The third-order valence-electron chi connectivity index (χ3n) is 5.17. The lowest BCUT2D eigenvalue weighted by atomic mass is 9.99. The van der Waals surface area contributed by atoms with Crippen molar-refractivity contribution in [2.45, 2.75) is 32.7 Å². The van der Waals surface area contributed by atoms with Crippen LogP contribution >= 0.6 is 0 Å². The van der Waals surface area contributed by atoms with E-state index in [1.807, 2.05) is 10.8 Å². The monoisotopic (exact) mass is 333 g/mol. The smallest absolute Gasteiger partial charge is 0.139 e. The van der Waals surface area contributed by atoms with Gasteiger partial charge in [-0.1, -0.05) is 24.3 Å². The van der Waals surface area contributed by atoms with Gasteiger partial charge in [0.25, 0.3) is 0 Å². The number of rotatable bonds is 4. The van der Waals surface area contributed by atoms with E-state index >= 15 is 0 Å². The lowest BCUT2D eigenvalue weighted by Crippen LogP contribution is -2.23. The van der Waals surface area contributed by atoms with Crippen LogP contribution < -0.4 is 0 Å². The third kappa shape index (κ3) is 3.20. The van der Waals surface area contributed by atoms with E-state index in [4.69, 9.17) is 0 Å². The molecule has 1 unspecified atom stereocenters. The molecule has 4 rings (SSSR count). The average molecular weight is 333 g/mol. The molecule has 3 aromatic rings. The first-order valence-corrected chi connectivity index (χ1v) is 8.88. The Balaban J connectivity index is 1.57. The molecule has 2 aromatic heterocycles. The summed E-state index contributed by atoms with van der Waals surface area (Å²) in [6, 6.07) is 11.5. The van der Waals surface area contributed by atoms with Gasteiger partial charge in [-0.25, -0.2) is 4.98 Å². The van der Waals surface area contributed by atoms with E-state index in [0.717, 1.165) is 11.4 Å². The molecule has 25 heavy (non-hydrogen) atoms. The zero-order valence-electron chi connectivity index (χ0n) is 14.8. The van der Waals surface area contributed by atoms with Crippen LogP contribution in [0.3, 0.4) is 0 Å². The maximum Gasteiger partial charge on any atom is 0.139 e. The van der Waals surface area contributed by atoms with Crippen LogP contribution in [-0.4, -0.2) is 37.7 Å². The molecule has 0 amide bonds. The van der Waals surface area contributed by atoms with Crippen LogP contribution in [0.4, 0.5) is 0 Å². The predicted octanol–water partition coefficient (Wildman–Crippen LogP) is 3.79. The van der Waals surface area contributed by atoms with Crippen LogP contribution in [0.15, 0.2) is 49.2 Å². The molecule has 1 saturated heterocycles. The SMILES string of the molecule is Cc1cc(-n2cnnc2)ncc1-c1ccc(C(C)N2CCCC2)cc1. The third-order valence-corrected chi connectivity index (χ3v) is 5.17. The van der Waals surface area contributed by atoms with Crippen LogP contribution in [0.1, 0.15) is 36.9 Å². The zero-order chi connectivity index (χ0) is 17.2. The fraction of sp³-hybridized carbons (Fsp3) is 0.350. The van der Waals surface area contributed by atoms with Crippen molar-refractivity contribution >= 4 is 0 Å². The Hall–Kier alpha value is -2.53. The van der Waals surface area contributed by atoms with Gasteiger partial charge in [-0.2, -0.15) is 0 Å². The molecule has 128 valence electrons. The highest BCUT2D eigenvalue weighted by Crippen LogP contribution is 2.28. The maximum atomic E-state index is 4.55. The maximum absolute atomic E-state index is 4.55. The lowest BCUT2D eigenvalue weighted by Gasteiger charge is -2.24. The molecule has 0 saturated carbocycles. The number of benzene rings is 1. The minimum atomic E-state index is 0.492. The highest BCUT2D eigenvalue weighted by Gasteiger charge is 2.19. The highest BCUT2D eigenvalue weighted by molar-refractivity contribution is 5.67. The van der Waals surface area contributed by atoms with E-state index in [2.05, 4.69) is 64.3 Å². The normalized spacial score (nSPS) is 16.2. The summed E-state index contributed by atoms with van der Waals surface area (Å²) in [6.45, 7) is 6.86. The fourth-order valence-corrected chi connectivity index (χ4v) is 3.58. The van der Waals surface area contributed by atoms with Crippen molar-refractivity contribution in [2.24, 2.45) is 0 Å². The van der Waals surface area contributed by atoms with Gasteiger partial charge >= 0.3 is 0 Å². The number of hydrogen-bond donors (Lipinski definition) is 0. The molecule has 5 nitrogen and oxygen atoms in total. The van der Waals surface area contributed by atoms with Gasteiger partial charge in [-0.05, 0) is 62.5 Å². The number of likely N-dealkylation sites (tertiary alicyclic amines) is 1. The van der Waals surface area contributed by atoms with E-state index in [0.29, 0.717) is 6.04 Å². The second-order valence-corrected chi connectivity index (χ2v) is 6.77. The van der Waals surface area contributed by atoms with E-state index in [-0.39, 0.29) is 0 Å². The molecule has 1 aliphatic heterocycles. The summed E-state index contributed by atoms with van der Waals surface area (Å²) in [5.41, 5.74) is 4.95. The largest absolute Gasteiger partial charge is 0.297 e. The molecule has 1 fully saturated rings. The standard InChI is InChI=1S/C20H23N5/c1-15-11-20(25-13-22-23-14-25)21-12-19(15)18-7-5-17(6-8-18)16(2)24-9-3-4-10-24/h5-8,11-14,16H,3-4,9-10H2,1-2H3. The topological polar surface area (TPSA) is 46.8 Å².